The minimum atomic E-state index is -1.23. The van der Waals surface area contributed by atoms with E-state index in [1.54, 1.807) is 24.3 Å². The van der Waals surface area contributed by atoms with Gasteiger partial charge in [0.05, 0.1) is 11.6 Å². The van der Waals surface area contributed by atoms with Crippen LogP contribution in [0.2, 0.25) is 0 Å². The van der Waals surface area contributed by atoms with Gasteiger partial charge in [-0.3, -0.25) is 25.0 Å². The van der Waals surface area contributed by atoms with Gasteiger partial charge in [0.15, 0.2) is 6.23 Å². The van der Waals surface area contributed by atoms with Crippen LogP contribution in [0.1, 0.15) is 12.0 Å². The summed E-state index contributed by atoms with van der Waals surface area (Å²) in [4.78, 5) is 37.7. The summed E-state index contributed by atoms with van der Waals surface area (Å²) in [6.07, 6.45) is -0.635. The maximum Gasteiger partial charge on any atom is 0.323 e. The van der Waals surface area contributed by atoms with Gasteiger partial charge in [-0.25, -0.2) is 0 Å². The summed E-state index contributed by atoms with van der Waals surface area (Å²) in [5, 5.41) is 19.1. The monoisotopic (exact) mass is 398 g/mol. The van der Waals surface area contributed by atoms with E-state index in [1.165, 1.54) is 0 Å². The Hall–Kier alpha value is -3.39. The molecule has 0 spiro atoms. The fourth-order valence-corrected chi connectivity index (χ4v) is 3.56. The summed E-state index contributed by atoms with van der Waals surface area (Å²) in [7, 11) is 0. The Bertz CT molecular complexity index is 901. The summed E-state index contributed by atoms with van der Waals surface area (Å²) < 4.78 is 5.69. The van der Waals surface area contributed by atoms with E-state index in [1.807, 2.05) is 30.3 Å². The third-order valence-corrected chi connectivity index (χ3v) is 4.96. The second-order valence-corrected chi connectivity index (χ2v) is 6.86. The van der Waals surface area contributed by atoms with Crippen molar-refractivity contribution in [2.75, 3.05) is 11.4 Å². The number of hydrogen-bond acceptors (Lipinski definition) is 5. The fourth-order valence-electron chi connectivity index (χ4n) is 3.56. The molecule has 8 heteroatoms. The number of carbonyl (C=O) groups excluding carboxylic acids is 1. The maximum atomic E-state index is 13.3. The highest BCUT2D eigenvalue weighted by molar-refractivity contribution is 6.02. The molecule has 8 nitrogen and oxygen atoms in total. The van der Waals surface area contributed by atoms with Gasteiger partial charge in [0, 0.05) is 0 Å². The van der Waals surface area contributed by atoms with Crippen molar-refractivity contribution in [3.05, 3.63) is 60.2 Å². The van der Waals surface area contributed by atoms with Crippen LogP contribution < -0.4 is 15.4 Å². The van der Waals surface area contributed by atoms with Gasteiger partial charge in [0.2, 0.25) is 5.91 Å². The number of benzene rings is 2. The minimum absolute atomic E-state index is 0.157. The summed E-state index contributed by atoms with van der Waals surface area (Å²) in [5.41, 5.74) is 7.29. The van der Waals surface area contributed by atoms with Crippen LogP contribution in [-0.4, -0.2) is 40.8 Å². The van der Waals surface area contributed by atoms with Crippen LogP contribution in [-0.2, 0) is 20.8 Å². The molecule has 0 aromatic heterocycles. The molecule has 4 N–H and O–H groups in total. The standard InChI is InChI=1S/C21H22N2O6/c22-19-18(14(21(27)28)11-10-13-6-2-1-3-7-13)20(26)23(12-17(24)25)15-8-4-5-9-16(15)29-19/h1-9,14,18-19H,10-12,22H2,(H,24,25)(H,27,28)/t14-,18-,19?/m0/s1. The van der Waals surface area contributed by atoms with Gasteiger partial charge in [-0.2, -0.15) is 0 Å². The predicted octanol–water partition coefficient (Wildman–Crippen LogP) is 1.73. The van der Waals surface area contributed by atoms with Gasteiger partial charge < -0.3 is 14.9 Å². The van der Waals surface area contributed by atoms with Crippen molar-refractivity contribution in [3.63, 3.8) is 0 Å². The number of nitrogens with zero attached hydrogens (tertiary/aromatic N) is 1. The third-order valence-electron chi connectivity index (χ3n) is 4.96. The normalized spacial score (nSPS) is 19.6. The molecule has 152 valence electrons. The minimum Gasteiger partial charge on any atom is -0.481 e. The Balaban J connectivity index is 1.93. The Morgan fingerprint density at radius 3 is 2.38 bits per heavy atom. The molecule has 29 heavy (non-hydrogen) atoms. The van der Waals surface area contributed by atoms with E-state index in [9.17, 15) is 24.6 Å². The number of carboxylic acids is 2. The molecule has 0 saturated heterocycles. The molecule has 0 bridgehead atoms. The zero-order valence-corrected chi connectivity index (χ0v) is 15.6. The van der Waals surface area contributed by atoms with Gasteiger partial charge in [-0.1, -0.05) is 42.5 Å². The smallest absolute Gasteiger partial charge is 0.323 e. The molecule has 0 aliphatic carbocycles. The van der Waals surface area contributed by atoms with E-state index >= 15 is 0 Å². The predicted molar refractivity (Wildman–Crippen MR) is 104 cm³/mol. The molecule has 1 amide bonds. The van der Waals surface area contributed by atoms with Crippen LogP contribution in [0, 0.1) is 11.8 Å². The topological polar surface area (TPSA) is 130 Å². The summed E-state index contributed by atoms with van der Waals surface area (Å²) in [6, 6.07) is 15.7. The largest absolute Gasteiger partial charge is 0.481 e. The molecule has 3 atom stereocenters. The van der Waals surface area contributed by atoms with Gasteiger partial charge in [0.1, 0.15) is 18.2 Å². The van der Waals surface area contributed by atoms with Crippen molar-refractivity contribution in [1.29, 1.82) is 0 Å². The number of rotatable bonds is 7. The van der Waals surface area contributed by atoms with Gasteiger partial charge >= 0.3 is 11.9 Å². The van der Waals surface area contributed by atoms with Crippen molar-refractivity contribution in [3.8, 4) is 5.75 Å². The van der Waals surface area contributed by atoms with Gasteiger partial charge in [-0.15, -0.1) is 0 Å². The summed E-state index contributed by atoms with van der Waals surface area (Å²) in [5.74, 6) is -5.21. The van der Waals surface area contributed by atoms with E-state index in [0.29, 0.717) is 6.42 Å². The molecule has 1 aliphatic heterocycles. The van der Waals surface area contributed by atoms with Crippen molar-refractivity contribution in [2.45, 2.75) is 19.1 Å². The number of hydrogen-bond donors (Lipinski definition) is 3. The van der Waals surface area contributed by atoms with Crippen LogP contribution in [0.3, 0.4) is 0 Å². The number of aliphatic carboxylic acids is 2. The molecule has 0 saturated carbocycles. The van der Waals surface area contributed by atoms with Crippen molar-refractivity contribution >= 4 is 23.5 Å². The number of anilines is 1. The van der Waals surface area contributed by atoms with Crippen molar-refractivity contribution < 1.29 is 29.3 Å². The van der Waals surface area contributed by atoms with Crippen molar-refractivity contribution in [1.82, 2.24) is 0 Å². The number of nitrogens with two attached hydrogens (primary N) is 1. The SMILES string of the molecule is NC1Oc2ccccc2N(CC(=O)O)C(=O)[C@H]1[C@H](CCc1ccccc1)C(=O)O. The number of para-hydroxylation sites is 2. The molecule has 1 aliphatic rings. The zero-order valence-electron chi connectivity index (χ0n) is 15.6. The quantitative estimate of drug-likeness (QED) is 0.647. The Morgan fingerprint density at radius 1 is 1.07 bits per heavy atom. The molecule has 1 unspecified atom stereocenters. The van der Waals surface area contributed by atoms with Crippen LogP contribution >= 0.6 is 0 Å². The highest BCUT2D eigenvalue weighted by Gasteiger charge is 2.44. The van der Waals surface area contributed by atoms with E-state index in [0.717, 1.165) is 10.5 Å². The van der Waals surface area contributed by atoms with Gasteiger partial charge in [0.25, 0.3) is 0 Å². The number of carboxylic acid groups (broad SMARTS) is 2. The Labute approximate surface area is 167 Å². The fraction of sp³-hybridized carbons (Fsp3) is 0.286. The van der Waals surface area contributed by atoms with Crippen LogP contribution in [0.5, 0.6) is 5.75 Å². The molecule has 2 aromatic rings. The average molecular weight is 398 g/mol. The number of carbonyl (C=O) groups is 3. The number of fused-ring (bicyclic) bond motifs is 1. The van der Waals surface area contributed by atoms with E-state index in [4.69, 9.17) is 10.5 Å². The lowest BCUT2D eigenvalue weighted by Crippen LogP contribution is -2.51. The lowest BCUT2D eigenvalue weighted by atomic mass is 9.85. The third kappa shape index (κ3) is 4.55. The number of aryl methyl sites for hydroxylation is 1. The highest BCUT2D eigenvalue weighted by Crippen LogP contribution is 2.36. The highest BCUT2D eigenvalue weighted by atomic mass is 16.5. The lowest BCUT2D eigenvalue weighted by Gasteiger charge is -2.28. The van der Waals surface area contributed by atoms with E-state index < -0.39 is 42.5 Å². The number of ether oxygens (including phenoxy) is 1. The van der Waals surface area contributed by atoms with Crippen molar-refractivity contribution in [2.24, 2.45) is 17.6 Å². The molecule has 1 heterocycles. The second-order valence-electron chi connectivity index (χ2n) is 6.86. The zero-order chi connectivity index (χ0) is 21.0. The first-order chi connectivity index (χ1) is 13.9. The molecule has 3 rings (SSSR count). The Morgan fingerprint density at radius 2 is 1.72 bits per heavy atom. The molecular formula is C21H22N2O6. The van der Waals surface area contributed by atoms with E-state index in [-0.39, 0.29) is 17.9 Å². The first kappa shape index (κ1) is 20.3. The first-order valence-electron chi connectivity index (χ1n) is 9.19. The molecule has 0 radical (unpaired) electrons. The Kier molecular flexibility index (Phi) is 6.13. The van der Waals surface area contributed by atoms with Gasteiger partial charge in [-0.05, 0) is 30.5 Å². The van der Waals surface area contributed by atoms with Crippen LogP contribution in [0.4, 0.5) is 5.69 Å². The first-order valence-corrected chi connectivity index (χ1v) is 9.19. The summed E-state index contributed by atoms with van der Waals surface area (Å²) >= 11 is 0. The maximum absolute atomic E-state index is 13.3. The second kappa shape index (κ2) is 8.74. The molecule has 0 fully saturated rings. The summed E-state index contributed by atoms with van der Waals surface area (Å²) in [6.45, 7) is -0.618. The molecule has 2 aromatic carbocycles. The number of amides is 1. The lowest BCUT2D eigenvalue weighted by molar-refractivity contribution is -0.149. The van der Waals surface area contributed by atoms with E-state index in [2.05, 4.69) is 0 Å². The van der Waals surface area contributed by atoms with Crippen LogP contribution in [0.15, 0.2) is 54.6 Å². The molecular weight excluding hydrogens is 376 g/mol. The average Bonchev–Trinajstić information content (AvgIpc) is 2.78. The van der Waals surface area contributed by atoms with Crippen LogP contribution in [0.25, 0.3) is 0 Å².